The fourth-order valence-corrected chi connectivity index (χ4v) is 14.4. The van der Waals surface area contributed by atoms with Gasteiger partial charge in [0.05, 0.1) is 26.4 Å². The second-order valence-corrected chi connectivity index (χ2v) is 32.3. The molecule has 0 saturated carbocycles. The van der Waals surface area contributed by atoms with Gasteiger partial charge < -0.3 is 96.9 Å². The molecule has 4 rings (SSSR count). The predicted octanol–water partition coefficient (Wildman–Crippen LogP) is -17.0. The van der Waals surface area contributed by atoms with E-state index in [1.807, 2.05) is 0 Å². The van der Waals surface area contributed by atoms with E-state index in [1.165, 1.54) is 0 Å². The van der Waals surface area contributed by atoms with Gasteiger partial charge in [0.2, 0.25) is 146 Å². The molecule has 0 unspecified atom stereocenters. The average molecular weight is 1770 g/mol. The maximum atomic E-state index is 12.7. The van der Waals surface area contributed by atoms with Gasteiger partial charge in [0.25, 0.3) is 0 Å². The summed E-state index contributed by atoms with van der Waals surface area (Å²) in [6.45, 7) is -10.1. The Kier molecular flexibility index (Phi) is 29.8. The van der Waals surface area contributed by atoms with Crippen molar-refractivity contribution in [1.82, 2.24) is 0 Å². The maximum Gasteiger partial charge on any atom is 0.218 e. The molecule has 0 bridgehead atoms. The van der Waals surface area contributed by atoms with Crippen molar-refractivity contribution in [3.63, 3.8) is 0 Å². The van der Waals surface area contributed by atoms with E-state index in [2.05, 4.69) is 58.6 Å². The zero-order valence-corrected chi connectivity index (χ0v) is 57.2. The maximum absolute atomic E-state index is 12.7. The monoisotopic (exact) mass is 1770 g/mol. The molecule has 101 heavy (non-hydrogen) atoms. The molecule has 4 heterocycles. The summed E-state index contributed by atoms with van der Waals surface area (Å²) in [5, 5.41) is 0. The molecule has 63 nitrogen and oxygen atoms in total. The van der Waals surface area contributed by atoms with Crippen molar-refractivity contribution >= 4 is 146 Å². The van der Waals surface area contributed by atoms with Crippen LogP contribution in [-0.2, 0) is 237 Å². The van der Waals surface area contributed by atoms with E-state index in [1.54, 1.807) is 0 Å². The van der Waals surface area contributed by atoms with Crippen LogP contribution in [0, 0.1) is 0 Å². The van der Waals surface area contributed by atoms with Crippen molar-refractivity contribution in [2.75, 3.05) is 26.4 Å². The summed E-state index contributed by atoms with van der Waals surface area (Å²) in [4.78, 5) is 0. The molecule has 4 aliphatic rings. The Hall–Kier alpha value is -2.10. The Labute approximate surface area is 564 Å². The first-order valence-electron chi connectivity index (χ1n) is 23.1. The van der Waals surface area contributed by atoms with Crippen LogP contribution in [0.2, 0.25) is 0 Å². The van der Waals surface area contributed by atoms with Crippen molar-refractivity contribution in [3.05, 3.63) is 0 Å². The van der Waals surface area contributed by atoms with Crippen LogP contribution in [0.25, 0.3) is 0 Å². The van der Waals surface area contributed by atoms with Gasteiger partial charge in [-0.05, 0) is 0 Å². The minimum atomic E-state index is -7.22. The first-order valence-corrected chi connectivity index (χ1v) is 41.8. The highest BCUT2D eigenvalue weighted by Gasteiger charge is 2.62. The second-order valence-electron chi connectivity index (χ2n) is 18.0. The molecular weight excluding hydrogens is 1750 g/mol. The summed E-state index contributed by atoms with van der Waals surface area (Å²) in [5.74, 6) is 0. The summed E-state index contributed by atoms with van der Waals surface area (Å²) >= 11 is 0. The fourth-order valence-electron chi connectivity index (χ4n) is 8.30. The van der Waals surface area contributed by atoms with Crippen LogP contribution in [0.5, 0.6) is 0 Å². The quantitative estimate of drug-likeness (QED) is 0.0409. The van der Waals surface area contributed by atoms with Crippen molar-refractivity contribution < 1.29 is 273 Å². The highest BCUT2D eigenvalue weighted by molar-refractivity contribution is 7.83. The molecule has 600 valence electrons. The van der Waals surface area contributed by atoms with Gasteiger partial charge in [-0.3, -0.25) is 58.6 Å². The van der Waals surface area contributed by atoms with E-state index in [0.29, 0.717) is 0 Å². The van der Waals surface area contributed by atoms with Crippen molar-refractivity contribution in [1.29, 1.82) is 0 Å². The first kappa shape index (κ1) is 91.3. The second kappa shape index (κ2) is 33.0. The van der Waals surface area contributed by atoms with Crippen molar-refractivity contribution in [2.24, 2.45) is 0 Å². The molecular formula is C24H28O63S14-14. The molecule has 0 spiro atoms. The van der Waals surface area contributed by atoms with Crippen LogP contribution in [0.4, 0.5) is 0 Å². The summed E-state index contributed by atoms with van der Waals surface area (Å²) in [6.07, 6.45) is -78.8. The highest BCUT2D eigenvalue weighted by Crippen LogP contribution is 2.42. The number of rotatable bonds is 38. The van der Waals surface area contributed by atoms with Crippen molar-refractivity contribution in [3.8, 4) is 0 Å². The molecule has 4 saturated heterocycles. The minimum Gasteiger partial charge on any atom is -0.726 e. The van der Waals surface area contributed by atoms with Gasteiger partial charge >= 0.3 is 0 Å². The molecule has 0 aliphatic carbocycles. The molecule has 4 fully saturated rings. The smallest absolute Gasteiger partial charge is 0.218 e. The zero-order chi connectivity index (χ0) is 78.2. The molecule has 0 N–H and O–H groups in total. The molecule has 0 radical (unpaired) electrons. The molecule has 0 aromatic rings. The number of hydrogen-bond acceptors (Lipinski definition) is 63. The van der Waals surface area contributed by atoms with Gasteiger partial charge in [-0.1, -0.05) is 0 Å². The Bertz CT molecular complexity index is 4610. The Morgan fingerprint density at radius 3 is 0.535 bits per heavy atom. The third kappa shape index (κ3) is 33.5. The summed E-state index contributed by atoms with van der Waals surface area (Å²) in [6, 6.07) is 0. The van der Waals surface area contributed by atoms with Crippen LogP contribution in [-0.4, -0.2) is 331 Å². The topological polar surface area (TPSA) is 995 Å². The molecule has 0 aromatic carbocycles. The number of ether oxygens (including phenoxy) is 7. The Morgan fingerprint density at radius 1 is 0.178 bits per heavy atom. The van der Waals surface area contributed by atoms with E-state index < -0.39 is 295 Å². The van der Waals surface area contributed by atoms with E-state index in [9.17, 15) is 182 Å². The van der Waals surface area contributed by atoms with Gasteiger partial charge in [-0.15, -0.1) is 0 Å². The molecule has 0 amide bonds. The molecule has 20 atom stereocenters. The van der Waals surface area contributed by atoms with Gasteiger partial charge in [0.15, 0.2) is 43.5 Å². The average Bonchev–Trinajstić information content (AvgIpc) is 0.755. The van der Waals surface area contributed by atoms with Gasteiger partial charge in [-0.2, -0.15) is 0 Å². The van der Waals surface area contributed by atoms with Crippen molar-refractivity contribution in [2.45, 2.75) is 123 Å². The van der Waals surface area contributed by atoms with Crippen LogP contribution in [0.1, 0.15) is 0 Å². The molecule has 0 aromatic heterocycles. The lowest BCUT2D eigenvalue weighted by Crippen LogP contribution is -2.69. The van der Waals surface area contributed by atoms with E-state index in [0.717, 1.165) is 0 Å². The largest absolute Gasteiger partial charge is 0.726 e. The standard InChI is InChI=1S/C24H42O63S14/c25-88(26,27)67-1-5-9(13(81-95(46,47)48)18(85-99(58,59)60)23(71-5)77-24-20(87-101(64,65)66)16(84-98(55,56)57)12(80-94(43,44)45)8(74-24)4-70-91(34,35)36)75-21-17(14(82-96(49,50)51)10(78-92(37,38)39)6(72-21)2-68-89(28,29)30)76-22-19(86-100(61,62)63)15(83-97(52,53)54)11(79-93(40,41)42)7(73-22)3-69-90(31,32)33/h5-24H,1-4H2,(H,25,26,27)(H,28,29,30)(H,31,32,33)(H,34,35,36)(H,37,38,39)(H,40,41,42)(H,43,44,45)(H,46,47,48)(H,49,50,51)(H,52,53,54)(H,55,56,57)(H,58,59,60)(H,61,62,63)(H,64,65,66)/p-14/t5-,6-,7-,8-,9+,10+,11-,12-,13-,14-,15-,16-,17-,18-,19-,20-,21-,22+,23+,24+/m0/s1. The Morgan fingerprint density at radius 2 is 0.327 bits per heavy atom. The van der Waals surface area contributed by atoms with Crippen LogP contribution < -0.4 is 0 Å². The van der Waals surface area contributed by atoms with Crippen LogP contribution in [0.15, 0.2) is 0 Å². The summed E-state index contributed by atoms with van der Waals surface area (Å²) in [5.41, 5.74) is 0. The van der Waals surface area contributed by atoms with Crippen LogP contribution >= 0.6 is 0 Å². The van der Waals surface area contributed by atoms with Crippen LogP contribution in [0.3, 0.4) is 0 Å². The lowest BCUT2D eigenvalue weighted by Gasteiger charge is -2.52. The zero-order valence-electron chi connectivity index (χ0n) is 45.8. The lowest BCUT2D eigenvalue weighted by molar-refractivity contribution is -0.393. The summed E-state index contributed by atoms with van der Waals surface area (Å²) in [7, 11) is -95.6. The highest BCUT2D eigenvalue weighted by atomic mass is 32.3. The normalized spacial score (nSPS) is 32.5. The molecule has 4 aliphatic heterocycles. The SMILES string of the molecule is O=S(=O)([O-])OC[C@@H]1O[C@H](O[C@H]2O[C@@H](COS(=O)(=O)[O-])[C@@H](O[C@@H]3O[C@@H](COS(=O)(=O)[O-])[C@@H](OS(=O)(=O)[O-])[C@H](OS(=O)(=O)[O-])[C@@H]3O[C@H]3O[C@@H](COS(=O)(=O)[O-])[C@H](OS(=O)(=O)[O-])[C@H](OS(=O)(=O)[O-])[C@@H]3OS(=O)(=O)[O-])[C@H](OS(=O)(=O)[O-])[C@@H]2OS(=O)(=O)[O-])[C@@H](OS(=O)(=O)[O-])[C@@H](OS(=O)(=O)[O-])[C@H]1OS(=O)(=O)[O-]. The van der Waals surface area contributed by atoms with Gasteiger partial charge in [0.1, 0.15) is 79.4 Å². The lowest BCUT2D eigenvalue weighted by atomic mass is 9.96. The fraction of sp³-hybridized carbons (Fsp3) is 1.00. The number of hydrogen-bond donors (Lipinski definition) is 0. The molecule has 77 heteroatoms. The first-order chi connectivity index (χ1) is 44.7. The van der Waals surface area contributed by atoms with Gasteiger partial charge in [-0.25, -0.2) is 118 Å². The van der Waals surface area contributed by atoms with E-state index in [4.69, 9.17) is 33.2 Å². The van der Waals surface area contributed by atoms with E-state index in [-0.39, 0.29) is 0 Å². The van der Waals surface area contributed by atoms with E-state index >= 15 is 0 Å². The third-order valence-corrected chi connectivity index (χ3v) is 17.3. The Balaban J connectivity index is 2.27. The predicted molar refractivity (Wildman–Crippen MR) is 254 cm³/mol. The minimum absolute atomic E-state index is 2.39. The third-order valence-electron chi connectivity index (χ3n) is 11.0. The summed E-state index contributed by atoms with van der Waals surface area (Å²) < 4.78 is 597. The van der Waals surface area contributed by atoms with Gasteiger partial charge in [0, 0.05) is 0 Å².